The third-order valence-corrected chi connectivity index (χ3v) is 2.53. The van der Waals surface area contributed by atoms with Crippen molar-refractivity contribution in [1.82, 2.24) is 0 Å². The standard InChI is InChI=1S/C11H12F2N2O4/c1-3-19-10(16)11(12,13)7-4-5-8(14)6(2)9(7)15(17)18/h4-5H,3,14H2,1-2H3. The van der Waals surface area contributed by atoms with Gasteiger partial charge in [0.15, 0.2) is 0 Å². The van der Waals surface area contributed by atoms with Gasteiger partial charge in [-0.2, -0.15) is 8.78 Å². The van der Waals surface area contributed by atoms with Gasteiger partial charge in [0.05, 0.1) is 17.1 Å². The Balaban J connectivity index is 3.46. The van der Waals surface area contributed by atoms with Crippen molar-refractivity contribution in [1.29, 1.82) is 0 Å². The van der Waals surface area contributed by atoms with Crippen LogP contribution in [-0.2, 0) is 15.5 Å². The van der Waals surface area contributed by atoms with E-state index in [0.717, 1.165) is 12.1 Å². The fourth-order valence-corrected chi connectivity index (χ4v) is 1.54. The summed E-state index contributed by atoms with van der Waals surface area (Å²) in [5, 5.41) is 10.9. The molecule has 104 valence electrons. The van der Waals surface area contributed by atoms with Crippen LogP contribution < -0.4 is 5.73 Å². The van der Waals surface area contributed by atoms with E-state index in [1.165, 1.54) is 13.8 Å². The first-order chi connectivity index (χ1) is 8.73. The zero-order chi connectivity index (χ0) is 14.8. The van der Waals surface area contributed by atoms with Crippen molar-refractivity contribution in [2.45, 2.75) is 19.8 Å². The molecular weight excluding hydrogens is 262 g/mol. The zero-order valence-electron chi connectivity index (χ0n) is 10.3. The van der Waals surface area contributed by atoms with Gasteiger partial charge in [0, 0.05) is 5.69 Å². The molecule has 1 aromatic carbocycles. The lowest BCUT2D eigenvalue weighted by molar-refractivity contribution is -0.387. The fraction of sp³-hybridized carbons (Fsp3) is 0.364. The highest BCUT2D eigenvalue weighted by atomic mass is 19.3. The highest BCUT2D eigenvalue weighted by Crippen LogP contribution is 2.39. The van der Waals surface area contributed by atoms with E-state index in [9.17, 15) is 23.7 Å². The molecule has 6 nitrogen and oxygen atoms in total. The number of ether oxygens (including phenoxy) is 1. The van der Waals surface area contributed by atoms with Crippen molar-refractivity contribution in [2.75, 3.05) is 12.3 Å². The van der Waals surface area contributed by atoms with E-state index < -0.39 is 28.1 Å². The van der Waals surface area contributed by atoms with Gasteiger partial charge in [-0.15, -0.1) is 0 Å². The normalized spacial score (nSPS) is 11.2. The molecule has 0 unspecified atom stereocenters. The summed E-state index contributed by atoms with van der Waals surface area (Å²) >= 11 is 0. The summed E-state index contributed by atoms with van der Waals surface area (Å²) in [7, 11) is 0. The van der Waals surface area contributed by atoms with Crippen molar-refractivity contribution in [2.24, 2.45) is 0 Å². The lowest BCUT2D eigenvalue weighted by Crippen LogP contribution is -2.29. The Morgan fingerprint density at radius 1 is 1.53 bits per heavy atom. The summed E-state index contributed by atoms with van der Waals surface area (Å²) < 4.78 is 31.9. The largest absolute Gasteiger partial charge is 0.461 e. The zero-order valence-corrected chi connectivity index (χ0v) is 10.3. The van der Waals surface area contributed by atoms with Crippen LogP contribution in [0.3, 0.4) is 0 Å². The highest BCUT2D eigenvalue weighted by molar-refractivity contribution is 5.82. The number of carbonyl (C=O) groups is 1. The first-order valence-corrected chi connectivity index (χ1v) is 5.32. The van der Waals surface area contributed by atoms with Crippen molar-refractivity contribution in [3.8, 4) is 0 Å². The summed E-state index contributed by atoms with van der Waals surface area (Å²) in [6.45, 7) is 2.34. The van der Waals surface area contributed by atoms with Crippen LogP contribution in [0.2, 0.25) is 0 Å². The van der Waals surface area contributed by atoms with Gasteiger partial charge in [0.25, 0.3) is 5.69 Å². The monoisotopic (exact) mass is 274 g/mol. The molecule has 1 rings (SSSR count). The maximum absolute atomic E-state index is 13.8. The predicted molar refractivity (Wildman–Crippen MR) is 62.8 cm³/mol. The smallest absolute Gasteiger partial charge is 0.382 e. The fourth-order valence-electron chi connectivity index (χ4n) is 1.54. The van der Waals surface area contributed by atoms with Gasteiger partial charge >= 0.3 is 11.9 Å². The van der Waals surface area contributed by atoms with Gasteiger partial charge in [0.2, 0.25) is 0 Å². The number of rotatable bonds is 4. The van der Waals surface area contributed by atoms with Crippen LogP contribution in [0.5, 0.6) is 0 Å². The molecule has 0 amide bonds. The summed E-state index contributed by atoms with van der Waals surface area (Å²) in [5.41, 5.74) is 3.41. The Labute approximate surface area is 107 Å². The molecule has 0 aliphatic heterocycles. The highest BCUT2D eigenvalue weighted by Gasteiger charge is 2.48. The maximum atomic E-state index is 13.8. The second-order valence-electron chi connectivity index (χ2n) is 3.73. The Morgan fingerprint density at radius 3 is 2.58 bits per heavy atom. The van der Waals surface area contributed by atoms with Crippen molar-refractivity contribution in [3.63, 3.8) is 0 Å². The average Bonchev–Trinajstić information content (AvgIpc) is 2.31. The van der Waals surface area contributed by atoms with Crippen LogP contribution >= 0.6 is 0 Å². The molecular formula is C11H12F2N2O4. The van der Waals surface area contributed by atoms with Crippen LogP contribution in [-0.4, -0.2) is 17.5 Å². The molecule has 0 spiro atoms. The van der Waals surface area contributed by atoms with E-state index >= 15 is 0 Å². The second-order valence-corrected chi connectivity index (χ2v) is 3.73. The number of anilines is 1. The molecule has 0 saturated carbocycles. The molecule has 2 N–H and O–H groups in total. The molecule has 0 bridgehead atoms. The van der Waals surface area contributed by atoms with Gasteiger partial charge in [-0.25, -0.2) is 4.79 Å². The number of nitro groups is 1. The van der Waals surface area contributed by atoms with E-state index in [1.807, 2.05) is 0 Å². The predicted octanol–water partition coefficient (Wildman–Crippen LogP) is 2.14. The Kier molecular flexibility index (Phi) is 4.03. The first-order valence-electron chi connectivity index (χ1n) is 5.32. The number of halogens is 2. The number of nitro benzene ring substituents is 1. The molecule has 0 aliphatic carbocycles. The lowest BCUT2D eigenvalue weighted by atomic mass is 10.0. The van der Waals surface area contributed by atoms with Gasteiger partial charge in [-0.3, -0.25) is 10.1 Å². The van der Waals surface area contributed by atoms with E-state index in [2.05, 4.69) is 4.74 Å². The number of nitrogen functional groups attached to an aromatic ring is 1. The summed E-state index contributed by atoms with van der Waals surface area (Å²) in [5.74, 6) is -5.93. The summed E-state index contributed by atoms with van der Waals surface area (Å²) in [4.78, 5) is 21.1. The Bertz CT molecular complexity index is 532. The lowest BCUT2D eigenvalue weighted by Gasteiger charge is -2.16. The Hall–Kier alpha value is -2.25. The number of esters is 1. The van der Waals surface area contributed by atoms with E-state index in [4.69, 9.17) is 5.73 Å². The summed E-state index contributed by atoms with van der Waals surface area (Å²) in [6, 6.07) is 1.85. The van der Waals surface area contributed by atoms with Gasteiger partial charge in [-0.1, -0.05) is 0 Å². The second kappa shape index (κ2) is 5.17. The van der Waals surface area contributed by atoms with Gasteiger partial charge in [-0.05, 0) is 26.0 Å². The topological polar surface area (TPSA) is 95.5 Å². The number of benzene rings is 1. The van der Waals surface area contributed by atoms with Crippen LogP contribution in [0, 0.1) is 17.0 Å². The van der Waals surface area contributed by atoms with E-state index in [1.54, 1.807) is 0 Å². The minimum Gasteiger partial charge on any atom is -0.461 e. The van der Waals surface area contributed by atoms with E-state index in [-0.39, 0.29) is 17.9 Å². The number of alkyl halides is 2. The summed E-state index contributed by atoms with van der Waals surface area (Å²) in [6.07, 6.45) is 0. The molecule has 0 radical (unpaired) electrons. The molecule has 19 heavy (non-hydrogen) atoms. The van der Waals surface area contributed by atoms with Crippen LogP contribution in [0.4, 0.5) is 20.2 Å². The van der Waals surface area contributed by atoms with Crippen molar-refractivity contribution < 1.29 is 23.2 Å². The number of hydrogen-bond donors (Lipinski definition) is 1. The average molecular weight is 274 g/mol. The Morgan fingerprint density at radius 2 is 2.11 bits per heavy atom. The molecule has 0 saturated heterocycles. The van der Waals surface area contributed by atoms with Crippen LogP contribution in [0.1, 0.15) is 18.1 Å². The molecule has 0 fully saturated rings. The van der Waals surface area contributed by atoms with E-state index in [0.29, 0.717) is 0 Å². The number of carbonyl (C=O) groups excluding carboxylic acids is 1. The van der Waals surface area contributed by atoms with Crippen LogP contribution in [0.15, 0.2) is 12.1 Å². The molecule has 0 heterocycles. The quantitative estimate of drug-likeness (QED) is 0.393. The molecule has 0 aromatic heterocycles. The van der Waals surface area contributed by atoms with Crippen molar-refractivity contribution >= 4 is 17.3 Å². The number of nitrogens with two attached hydrogens (primary N) is 1. The van der Waals surface area contributed by atoms with Crippen molar-refractivity contribution in [3.05, 3.63) is 33.4 Å². The minimum absolute atomic E-state index is 0.00453. The third-order valence-electron chi connectivity index (χ3n) is 2.53. The maximum Gasteiger partial charge on any atom is 0.382 e. The number of hydrogen-bond acceptors (Lipinski definition) is 5. The van der Waals surface area contributed by atoms with Gasteiger partial charge < -0.3 is 10.5 Å². The first kappa shape index (κ1) is 14.8. The number of nitrogens with zero attached hydrogens (tertiary/aromatic N) is 1. The van der Waals surface area contributed by atoms with Gasteiger partial charge in [0.1, 0.15) is 5.56 Å². The molecule has 0 aliphatic rings. The SMILES string of the molecule is CCOC(=O)C(F)(F)c1ccc(N)c(C)c1[N+](=O)[O-]. The molecule has 8 heteroatoms. The van der Waals surface area contributed by atoms with Crippen LogP contribution in [0.25, 0.3) is 0 Å². The molecule has 1 aromatic rings. The molecule has 0 atom stereocenters. The minimum atomic E-state index is -4.10. The third kappa shape index (κ3) is 2.61.